The second kappa shape index (κ2) is 6.97. The van der Waals surface area contributed by atoms with E-state index < -0.39 is 0 Å². The molecule has 3 nitrogen and oxygen atoms in total. The summed E-state index contributed by atoms with van der Waals surface area (Å²) < 4.78 is 18.7. The van der Waals surface area contributed by atoms with E-state index in [2.05, 4.69) is 11.8 Å². The number of ether oxygens (including phenoxy) is 1. The molecule has 112 valence electrons. The Morgan fingerprint density at radius 2 is 2.00 bits per heavy atom. The van der Waals surface area contributed by atoms with Crippen molar-refractivity contribution in [1.82, 2.24) is 0 Å². The molecule has 2 aromatic carbocycles. The number of benzene rings is 2. The topological polar surface area (TPSA) is 38.5 Å². The maximum Gasteiger partial charge on any atom is 0.165 e. The fourth-order valence-corrected chi connectivity index (χ4v) is 2.32. The number of halogens is 1. The molecule has 0 bridgehead atoms. The highest BCUT2D eigenvalue weighted by Crippen LogP contribution is 2.23. The van der Waals surface area contributed by atoms with E-state index in [0.717, 1.165) is 29.9 Å². The fraction of sp³-hybridized carbons (Fsp3) is 0.294. The predicted molar refractivity (Wildman–Crippen MR) is 85.1 cm³/mol. The zero-order chi connectivity index (χ0) is 15.2. The molecule has 0 aliphatic heterocycles. The Bertz CT molecular complexity index is 601. The largest absolute Gasteiger partial charge is 0.494 e. The Morgan fingerprint density at radius 3 is 2.62 bits per heavy atom. The van der Waals surface area contributed by atoms with Gasteiger partial charge in [0.1, 0.15) is 0 Å². The van der Waals surface area contributed by atoms with Crippen LogP contribution in [0.25, 0.3) is 0 Å². The van der Waals surface area contributed by atoms with Crippen molar-refractivity contribution in [2.24, 2.45) is 0 Å². The molecule has 0 aliphatic rings. The number of nitrogens with zero attached hydrogens (tertiary/aromatic N) is 1. The van der Waals surface area contributed by atoms with Crippen LogP contribution in [0, 0.1) is 5.82 Å². The first kappa shape index (κ1) is 15.2. The molecule has 2 rings (SSSR count). The van der Waals surface area contributed by atoms with Crippen molar-refractivity contribution in [1.29, 1.82) is 0 Å². The summed E-state index contributed by atoms with van der Waals surface area (Å²) in [5, 5.41) is 0. The Balaban J connectivity index is 2.22. The highest BCUT2D eigenvalue weighted by Gasteiger charge is 2.09. The highest BCUT2D eigenvalue weighted by molar-refractivity contribution is 5.56. The van der Waals surface area contributed by atoms with Gasteiger partial charge >= 0.3 is 0 Å². The quantitative estimate of drug-likeness (QED) is 0.821. The number of hydrogen-bond donors (Lipinski definition) is 1. The van der Waals surface area contributed by atoms with Gasteiger partial charge in [-0.3, -0.25) is 0 Å². The molecule has 4 heteroatoms. The second-order valence-electron chi connectivity index (χ2n) is 4.99. The summed E-state index contributed by atoms with van der Waals surface area (Å²) in [6.45, 7) is 3.64. The van der Waals surface area contributed by atoms with E-state index >= 15 is 0 Å². The van der Waals surface area contributed by atoms with Crippen molar-refractivity contribution in [3.8, 4) is 5.75 Å². The van der Waals surface area contributed by atoms with Crippen LogP contribution in [0.2, 0.25) is 0 Å². The third kappa shape index (κ3) is 3.88. The van der Waals surface area contributed by atoms with Gasteiger partial charge in [-0.1, -0.05) is 19.1 Å². The van der Waals surface area contributed by atoms with Gasteiger partial charge in [0.05, 0.1) is 7.11 Å². The normalized spacial score (nSPS) is 10.4. The van der Waals surface area contributed by atoms with Crippen LogP contribution in [-0.2, 0) is 6.54 Å². The molecule has 0 spiro atoms. The molecule has 0 saturated heterocycles. The Labute approximate surface area is 125 Å². The number of nitrogens with two attached hydrogens (primary N) is 1. The van der Waals surface area contributed by atoms with Crippen LogP contribution in [0.1, 0.15) is 18.9 Å². The monoisotopic (exact) mass is 288 g/mol. The predicted octanol–water partition coefficient (Wildman–Crippen LogP) is 3.83. The molecule has 2 N–H and O–H groups in total. The molecular weight excluding hydrogens is 267 g/mol. The highest BCUT2D eigenvalue weighted by atomic mass is 19.1. The molecule has 21 heavy (non-hydrogen) atoms. The molecule has 0 aromatic heterocycles. The lowest BCUT2D eigenvalue weighted by Crippen LogP contribution is -2.23. The van der Waals surface area contributed by atoms with Crippen LogP contribution in [0.5, 0.6) is 5.75 Å². The van der Waals surface area contributed by atoms with E-state index in [4.69, 9.17) is 10.5 Å². The van der Waals surface area contributed by atoms with E-state index in [-0.39, 0.29) is 11.6 Å². The second-order valence-corrected chi connectivity index (χ2v) is 4.99. The number of rotatable bonds is 6. The average Bonchev–Trinajstić information content (AvgIpc) is 2.47. The zero-order valence-electron chi connectivity index (χ0n) is 12.5. The molecule has 0 atom stereocenters. The molecule has 0 saturated carbocycles. The minimum absolute atomic E-state index is 0.268. The van der Waals surface area contributed by atoms with Crippen molar-refractivity contribution < 1.29 is 9.13 Å². The summed E-state index contributed by atoms with van der Waals surface area (Å²) in [5.74, 6) is -0.0660. The van der Waals surface area contributed by atoms with Crippen LogP contribution in [0.4, 0.5) is 15.8 Å². The van der Waals surface area contributed by atoms with Crippen LogP contribution < -0.4 is 15.4 Å². The van der Waals surface area contributed by atoms with E-state index in [1.165, 1.54) is 13.2 Å². The van der Waals surface area contributed by atoms with Crippen LogP contribution in [-0.4, -0.2) is 13.7 Å². The maximum absolute atomic E-state index is 13.8. The van der Waals surface area contributed by atoms with Gasteiger partial charge in [-0.15, -0.1) is 0 Å². The number of anilines is 2. The van der Waals surface area contributed by atoms with Crippen LogP contribution >= 0.6 is 0 Å². The molecule has 0 aliphatic carbocycles. The molecule has 0 fully saturated rings. The first-order valence-electron chi connectivity index (χ1n) is 7.07. The Morgan fingerprint density at radius 1 is 1.19 bits per heavy atom. The maximum atomic E-state index is 13.8. The molecule has 0 unspecified atom stereocenters. The molecule has 2 aromatic rings. The standard InChI is InChI=1S/C17H21FN2O/c1-3-9-20(15-6-4-5-14(19)11-15)12-13-7-8-17(21-2)16(18)10-13/h4-8,10-11H,3,9,12,19H2,1-2H3. The Hall–Kier alpha value is -2.23. The molecule has 0 radical (unpaired) electrons. The number of methoxy groups -OCH3 is 1. The smallest absolute Gasteiger partial charge is 0.165 e. The first-order valence-corrected chi connectivity index (χ1v) is 7.07. The minimum atomic E-state index is -0.334. The van der Waals surface area contributed by atoms with Crippen LogP contribution in [0.3, 0.4) is 0 Å². The number of hydrogen-bond acceptors (Lipinski definition) is 3. The van der Waals surface area contributed by atoms with Crippen molar-refractivity contribution in [3.63, 3.8) is 0 Å². The SMILES string of the molecule is CCCN(Cc1ccc(OC)c(F)c1)c1cccc(N)c1. The summed E-state index contributed by atoms with van der Waals surface area (Å²) in [7, 11) is 1.47. The lowest BCUT2D eigenvalue weighted by atomic mass is 10.1. The van der Waals surface area contributed by atoms with Gasteiger partial charge in [0, 0.05) is 24.5 Å². The van der Waals surface area contributed by atoms with Gasteiger partial charge in [0.25, 0.3) is 0 Å². The van der Waals surface area contributed by atoms with Gasteiger partial charge in [-0.05, 0) is 42.3 Å². The van der Waals surface area contributed by atoms with E-state index in [1.54, 1.807) is 6.07 Å². The summed E-state index contributed by atoms with van der Waals surface area (Å²) in [4.78, 5) is 2.19. The van der Waals surface area contributed by atoms with Gasteiger partial charge < -0.3 is 15.4 Å². The van der Waals surface area contributed by atoms with E-state index in [1.807, 2.05) is 30.3 Å². The lowest BCUT2D eigenvalue weighted by Gasteiger charge is -2.25. The zero-order valence-corrected chi connectivity index (χ0v) is 12.5. The van der Waals surface area contributed by atoms with Gasteiger partial charge in [0.2, 0.25) is 0 Å². The Kier molecular flexibility index (Phi) is 5.04. The van der Waals surface area contributed by atoms with E-state index in [9.17, 15) is 4.39 Å². The molecule has 0 amide bonds. The van der Waals surface area contributed by atoms with Crippen molar-refractivity contribution in [3.05, 3.63) is 53.8 Å². The third-order valence-corrected chi connectivity index (χ3v) is 3.32. The van der Waals surface area contributed by atoms with Crippen molar-refractivity contribution in [2.75, 3.05) is 24.3 Å². The van der Waals surface area contributed by atoms with Gasteiger partial charge in [-0.2, -0.15) is 0 Å². The summed E-state index contributed by atoms with van der Waals surface area (Å²) >= 11 is 0. The van der Waals surface area contributed by atoms with Gasteiger partial charge in [0.15, 0.2) is 11.6 Å². The van der Waals surface area contributed by atoms with Crippen molar-refractivity contribution >= 4 is 11.4 Å². The third-order valence-electron chi connectivity index (χ3n) is 3.32. The average molecular weight is 288 g/mol. The molecular formula is C17H21FN2O. The first-order chi connectivity index (χ1) is 10.1. The molecule has 0 heterocycles. The van der Waals surface area contributed by atoms with Crippen LogP contribution in [0.15, 0.2) is 42.5 Å². The summed E-state index contributed by atoms with van der Waals surface area (Å²) in [5.41, 5.74) is 8.53. The summed E-state index contributed by atoms with van der Waals surface area (Å²) in [6.07, 6.45) is 1.01. The fourth-order valence-electron chi connectivity index (χ4n) is 2.32. The van der Waals surface area contributed by atoms with E-state index in [0.29, 0.717) is 6.54 Å². The van der Waals surface area contributed by atoms with Gasteiger partial charge in [-0.25, -0.2) is 4.39 Å². The van der Waals surface area contributed by atoms with Crippen molar-refractivity contribution in [2.45, 2.75) is 19.9 Å². The number of nitrogen functional groups attached to an aromatic ring is 1. The minimum Gasteiger partial charge on any atom is -0.494 e. The lowest BCUT2D eigenvalue weighted by molar-refractivity contribution is 0.386. The summed E-state index contributed by atoms with van der Waals surface area (Å²) in [6, 6.07) is 12.8.